The molecule has 4 N–H and O–H groups in total. The Labute approximate surface area is 153 Å². The molecule has 0 saturated heterocycles. The number of nitrogens with one attached hydrogen (secondary N) is 1. The number of aliphatic hydroxyl groups is 1. The third kappa shape index (κ3) is 4.69. The number of amides is 1. The molecule has 134 valence electrons. The van der Waals surface area contributed by atoms with Gasteiger partial charge in [-0.3, -0.25) is 10.1 Å². The third-order valence-corrected chi connectivity index (χ3v) is 4.56. The van der Waals surface area contributed by atoms with Gasteiger partial charge in [0, 0.05) is 6.54 Å². The van der Waals surface area contributed by atoms with E-state index in [0.717, 1.165) is 22.8 Å². The van der Waals surface area contributed by atoms with E-state index < -0.39 is 18.1 Å². The minimum absolute atomic E-state index is 0.313. The smallest absolute Gasteiger partial charge is 0.239 e. The number of carbonyl (C=O) groups excluding carboxylic acids is 1. The molecule has 0 aliphatic rings. The molecule has 3 rings (SSSR count). The van der Waals surface area contributed by atoms with Crippen LogP contribution in [0.25, 0.3) is 10.8 Å². The zero-order chi connectivity index (χ0) is 18.4. The standard InChI is InChI=1S/C22H24N2O2/c23-22(26)21(19-12-11-17-8-4-5-9-18(17)14-19)24-15-20(25)13-10-16-6-2-1-3-7-16/h1-9,11-12,14,20-21,24-25H,10,13,15H2,(H2,23,26)/t20-,21+/m1/s1. The van der Waals surface area contributed by atoms with Crippen LogP contribution in [0.2, 0.25) is 0 Å². The molecule has 0 unspecified atom stereocenters. The van der Waals surface area contributed by atoms with Gasteiger partial charge in [-0.15, -0.1) is 0 Å². The van der Waals surface area contributed by atoms with Crippen molar-refractivity contribution in [2.24, 2.45) is 5.73 Å². The lowest BCUT2D eigenvalue weighted by molar-refractivity contribution is -0.120. The Bertz CT molecular complexity index is 864. The number of fused-ring (bicyclic) bond motifs is 1. The Kier molecular flexibility index (Phi) is 6.00. The first kappa shape index (κ1) is 18.1. The van der Waals surface area contributed by atoms with Crippen LogP contribution < -0.4 is 11.1 Å². The summed E-state index contributed by atoms with van der Waals surface area (Å²) < 4.78 is 0. The Morgan fingerprint density at radius 2 is 1.65 bits per heavy atom. The van der Waals surface area contributed by atoms with Crippen LogP contribution in [0.4, 0.5) is 0 Å². The predicted octanol–water partition coefficient (Wildman–Crippen LogP) is 2.95. The van der Waals surface area contributed by atoms with Crippen molar-refractivity contribution in [3.8, 4) is 0 Å². The molecule has 26 heavy (non-hydrogen) atoms. The summed E-state index contributed by atoms with van der Waals surface area (Å²) in [5, 5.41) is 15.5. The Balaban J connectivity index is 1.61. The van der Waals surface area contributed by atoms with E-state index in [1.807, 2.05) is 72.8 Å². The van der Waals surface area contributed by atoms with Crippen LogP contribution in [-0.2, 0) is 11.2 Å². The summed E-state index contributed by atoms with van der Waals surface area (Å²) in [6, 6.07) is 23.2. The van der Waals surface area contributed by atoms with Gasteiger partial charge < -0.3 is 10.8 Å². The first-order valence-electron chi connectivity index (χ1n) is 8.87. The first-order chi connectivity index (χ1) is 12.6. The van der Waals surface area contributed by atoms with Crippen molar-refractivity contribution in [1.82, 2.24) is 5.32 Å². The van der Waals surface area contributed by atoms with Crippen LogP contribution >= 0.6 is 0 Å². The van der Waals surface area contributed by atoms with Crippen molar-refractivity contribution in [1.29, 1.82) is 0 Å². The topological polar surface area (TPSA) is 75.4 Å². The normalized spacial score (nSPS) is 13.4. The van der Waals surface area contributed by atoms with Gasteiger partial charge in [-0.05, 0) is 40.8 Å². The number of hydrogen-bond donors (Lipinski definition) is 3. The van der Waals surface area contributed by atoms with Crippen molar-refractivity contribution < 1.29 is 9.90 Å². The summed E-state index contributed by atoms with van der Waals surface area (Å²) in [5.41, 5.74) is 7.58. The van der Waals surface area contributed by atoms with Crippen LogP contribution in [0, 0.1) is 0 Å². The predicted molar refractivity (Wildman–Crippen MR) is 105 cm³/mol. The van der Waals surface area contributed by atoms with E-state index in [-0.39, 0.29) is 0 Å². The summed E-state index contributed by atoms with van der Waals surface area (Å²) >= 11 is 0. The third-order valence-electron chi connectivity index (χ3n) is 4.56. The summed E-state index contributed by atoms with van der Waals surface area (Å²) in [7, 11) is 0. The quantitative estimate of drug-likeness (QED) is 0.586. The fourth-order valence-electron chi connectivity index (χ4n) is 3.10. The van der Waals surface area contributed by atoms with Gasteiger partial charge in [-0.2, -0.15) is 0 Å². The van der Waals surface area contributed by atoms with Gasteiger partial charge in [0.2, 0.25) is 5.91 Å². The van der Waals surface area contributed by atoms with E-state index in [9.17, 15) is 9.90 Å². The Hall–Kier alpha value is -2.69. The van der Waals surface area contributed by atoms with Crippen LogP contribution in [0.5, 0.6) is 0 Å². The summed E-state index contributed by atoms with van der Waals surface area (Å²) in [4.78, 5) is 11.9. The molecule has 0 heterocycles. The van der Waals surface area contributed by atoms with E-state index in [2.05, 4.69) is 5.32 Å². The van der Waals surface area contributed by atoms with Crippen molar-refractivity contribution in [3.05, 3.63) is 83.9 Å². The van der Waals surface area contributed by atoms with E-state index >= 15 is 0 Å². The molecule has 1 amide bonds. The van der Waals surface area contributed by atoms with Crippen molar-refractivity contribution in [3.63, 3.8) is 0 Å². The van der Waals surface area contributed by atoms with Gasteiger partial charge in [0.05, 0.1) is 6.10 Å². The fraction of sp³-hybridized carbons (Fsp3) is 0.227. The molecule has 3 aromatic rings. The molecule has 2 atom stereocenters. The highest BCUT2D eigenvalue weighted by Gasteiger charge is 2.19. The molecule has 0 saturated carbocycles. The van der Waals surface area contributed by atoms with Gasteiger partial charge in [0.25, 0.3) is 0 Å². The number of carbonyl (C=O) groups is 1. The number of nitrogens with two attached hydrogens (primary N) is 1. The van der Waals surface area contributed by atoms with Crippen LogP contribution in [0.1, 0.15) is 23.6 Å². The van der Waals surface area contributed by atoms with Gasteiger partial charge >= 0.3 is 0 Å². The fourth-order valence-corrected chi connectivity index (χ4v) is 3.10. The highest BCUT2D eigenvalue weighted by molar-refractivity contribution is 5.86. The van der Waals surface area contributed by atoms with Gasteiger partial charge in [0.15, 0.2) is 0 Å². The number of aliphatic hydroxyl groups excluding tert-OH is 1. The highest BCUT2D eigenvalue weighted by atomic mass is 16.3. The summed E-state index contributed by atoms with van der Waals surface area (Å²) in [5.74, 6) is -0.449. The molecule has 4 nitrogen and oxygen atoms in total. The minimum atomic E-state index is -0.619. The lowest BCUT2D eigenvalue weighted by Gasteiger charge is -2.19. The molecular formula is C22H24N2O2. The average Bonchev–Trinajstić information content (AvgIpc) is 2.67. The van der Waals surface area contributed by atoms with Crippen molar-refractivity contribution in [2.75, 3.05) is 6.54 Å². The van der Waals surface area contributed by atoms with E-state index in [1.54, 1.807) is 0 Å². The molecule has 0 spiro atoms. The van der Waals surface area contributed by atoms with E-state index in [0.29, 0.717) is 13.0 Å². The van der Waals surface area contributed by atoms with Crippen molar-refractivity contribution >= 4 is 16.7 Å². The first-order valence-corrected chi connectivity index (χ1v) is 8.87. The lowest BCUT2D eigenvalue weighted by Crippen LogP contribution is -2.38. The summed E-state index contributed by atoms with van der Waals surface area (Å²) in [6.07, 6.45) is 0.874. The average molecular weight is 348 g/mol. The molecule has 0 aliphatic heterocycles. The maximum atomic E-state index is 11.9. The number of benzene rings is 3. The molecular weight excluding hydrogens is 324 g/mol. The zero-order valence-corrected chi connectivity index (χ0v) is 14.6. The molecule has 0 aliphatic carbocycles. The Morgan fingerprint density at radius 1 is 0.962 bits per heavy atom. The second-order valence-electron chi connectivity index (χ2n) is 6.53. The van der Waals surface area contributed by atoms with Gasteiger partial charge in [-0.25, -0.2) is 0 Å². The van der Waals surface area contributed by atoms with Gasteiger partial charge in [-0.1, -0.05) is 66.7 Å². The molecule has 4 heteroatoms. The largest absolute Gasteiger partial charge is 0.392 e. The second kappa shape index (κ2) is 8.61. The van der Waals surface area contributed by atoms with Gasteiger partial charge in [0.1, 0.15) is 6.04 Å². The summed E-state index contributed by atoms with van der Waals surface area (Å²) in [6.45, 7) is 0.313. The number of aryl methyl sites for hydroxylation is 1. The van der Waals surface area contributed by atoms with Crippen molar-refractivity contribution in [2.45, 2.75) is 25.0 Å². The highest BCUT2D eigenvalue weighted by Crippen LogP contribution is 2.20. The molecule has 0 radical (unpaired) electrons. The molecule has 3 aromatic carbocycles. The molecule has 0 fully saturated rings. The lowest BCUT2D eigenvalue weighted by atomic mass is 10.0. The van der Waals surface area contributed by atoms with Crippen LogP contribution in [0.15, 0.2) is 72.8 Å². The number of rotatable bonds is 8. The number of hydrogen-bond acceptors (Lipinski definition) is 3. The maximum absolute atomic E-state index is 11.9. The van der Waals surface area contributed by atoms with Crippen LogP contribution in [0.3, 0.4) is 0 Å². The SMILES string of the molecule is NC(=O)[C@@H](NC[C@H](O)CCc1ccccc1)c1ccc2ccccc2c1. The monoisotopic (exact) mass is 348 g/mol. The van der Waals surface area contributed by atoms with Crippen LogP contribution in [-0.4, -0.2) is 23.7 Å². The zero-order valence-electron chi connectivity index (χ0n) is 14.6. The maximum Gasteiger partial charge on any atom is 0.239 e. The Morgan fingerprint density at radius 3 is 2.38 bits per heavy atom. The van der Waals surface area contributed by atoms with E-state index in [4.69, 9.17) is 5.73 Å². The molecule has 0 bridgehead atoms. The molecule has 0 aromatic heterocycles. The van der Waals surface area contributed by atoms with E-state index in [1.165, 1.54) is 5.56 Å². The number of primary amides is 1. The second-order valence-corrected chi connectivity index (χ2v) is 6.53. The minimum Gasteiger partial charge on any atom is -0.392 e.